The Labute approximate surface area is 118 Å². The zero-order valence-corrected chi connectivity index (χ0v) is 11.9. The van der Waals surface area contributed by atoms with E-state index in [1.54, 1.807) is 13.3 Å². The van der Waals surface area contributed by atoms with Crippen molar-refractivity contribution in [1.29, 1.82) is 0 Å². The normalized spacial score (nSPS) is 13.8. The maximum Gasteiger partial charge on any atom is 0.141 e. The van der Waals surface area contributed by atoms with Gasteiger partial charge in [0.2, 0.25) is 0 Å². The van der Waals surface area contributed by atoms with Crippen LogP contribution in [0.2, 0.25) is 0 Å². The minimum absolute atomic E-state index is 0.00175. The monoisotopic (exact) mass is 274 g/mol. The Kier molecular flexibility index (Phi) is 4.69. The summed E-state index contributed by atoms with van der Waals surface area (Å²) in [5.74, 6) is 0.526. The van der Waals surface area contributed by atoms with Gasteiger partial charge in [-0.3, -0.25) is 4.98 Å². The van der Waals surface area contributed by atoms with Crippen LogP contribution in [0.25, 0.3) is 0 Å². The third-order valence-electron chi connectivity index (χ3n) is 3.33. The van der Waals surface area contributed by atoms with Crippen molar-refractivity contribution >= 4 is 0 Å². The van der Waals surface area contributed by atoms with E-state index < -0.39 is 0 Å². The van der Waals surface area contributed by atoms with Crippen molar-refractivity contribution in [2.24, 2.45) is 0 Å². The van der Waals surface area contributed by atoms with Gasteiger partial charge in [0.05, 0.1) is 13.3 Å². The van der Waals surface area contributed by atoms with Crippen molar-refractivity contribution in [3.05, 3.63) is 59.7 Å². The second kappa shape index (κ2) is 6.48. The summed E-state index contributed by atoms with van der Waals surface area (Å²) < 4.78 is 18.6. The maximum atomic E-state index is 13.2. The van der Waals surface area contributed by atoms with Crippen LogP contribution in [0.15, 0.2) is 42.7 Å². The number of ether oxygens (including phenoxy) is 1. The molecule has 106 valence electrons. The molecule has 1 aromatic carbocycles. The molecule has 0 aliphatic heterocycles. The third kappa shape index (κ3) is 3.33. The van der Waals surface area contributed by atoms with Crippen LogP contribution in [0, 0.1) is 5.82 Å². The fourth-order valence-electron chi connectivity index (χ4n) is 2.25. The number of pyridine rings is 1. The molecule has 0 spiro atoms. The molecule has 0 amide bonds. The van der Waals surface area contributed by atoms with E-state index >= 15 is 0 Å². The van der Waals surface area contributed by atoms with Gasteiger partial charge in [-0.05, 0) is 31.5 Å². The molecule has 0 aliphatic carbocycles. The number of para-hydroxylation sites is 1. The summed E-state index contributed by atoms with van der Waals surface area (Å²) in [6, 6.07) is 9.45. The summed E-state index contributed by atoms with van der Waals surface area (Å²) in [5.41, 5.74) is 1.90. The molecule has 1 aromatic heterocycles. The smallest absolute Gasteiger partial charge is 0.141 e. The van der Waals surface area contributed by atoms with Gasteiger partial charge >= 0.3 is 0 Å². The van der Waals surface area contributed by atoms with E-state index in [9.17, 15) is 4.39 Å². The molecule has 0 radical (unpaired) electrons. The molecule has 2 atom stereocenters. The molecule has 2 aromatic rings. The minimum Gasteiger partial charge on any atom is -0.496 e. The quantitative estimate of drug-likeness (QED) is 0.903. The fourth-order valence-corrected chi connectivity index (χ4v) is 2.25. The van der Waals surface area contributed by atoms with Crippen molar-refractivity contribution in [2.45, 2.75) is 25.9 Å². The molecule has 0 fully saturated rings. The first-order valence-corrected chi connectivity index (χ1v) is 6.61. The molecule has 0 saturated carbocycles. The molecule has 1 unspecified atom stereocenters. The lowest BCUT2D eigenvalue weighted by Crippen LogP contribution is -2.23. The Balaban J connectivity index is 2.13. The van der Waals surface area contributed by atoms with Gasteiger partial charge in [-0.2, -0.15) is 0 Å². The Morgan fingerprint density at radius 2 is 1.90 bits per heavy atom. The second-order valence-corrected chi connectivity index (χ2v) is 4.79. The molecule has 3 nitrogen and oxygen atoms in total. The lowest BCUT2D eigenvalue weighted by atomic mass is 10.0. The number of nitrogens with one attached hydrogen (secondary N) is 1. The van der Waals surface area contributed by atoms with Crippen LogP contribution in [-0.4, -0.2) is 12.1 Å². The van der Waals surface area contributed by atoms with Crippen molar-refractivity contribution in [1.82, 2.24) is 10.3 Å². The first-order chi connectivity index (χ1) is 9.61. The summed E-state index contributed by atoms with van der Waals surface area (Å²) in [4.78, 5) is 3.88. The summed E-state index contributed by atoms with van der Waals surface area (Å²) in [7, 11) is 1.66. The summed E-state index contributed by atoms with van der Waals surface area (Å²) in [5, 5.41) is 3.43. The van der Waals surface area contributed by atoms with Crippen LogP contribution in [0.3, 0.4) is 0 Å². The van der Waals surface area contributed by atoms with Gasteiger partial charge in [0.15, 0.2) is 0 Å². The van der Waals surface area contributed by atoms with Crippen molar-refractivity contribution in [3.63, 3.8) is 0 Å². The van der Waals surface area contributed by atoms with Gasteiger partial charge in [0.1, 0.15) is 11.6 Å². The molecule has 20 heavy (non-hydrogen) atoms. The number of halogens is 1. The second-order valence-electron chi connectivity index (χ2n) is 4.79. The first kappa shape index (κ1) is 14.5. The summed E-state index contributed by atoms with van der Waals surface area (Å²) in [6.45, 7) is 4.05. The molecule has 0 saturated heterocycles. The van der Waals surface area contributed by atoms with E-state index in [-0.39, 0.29) is 17.9 Å². The van der Waals surface area contributed by atoms with Crippen molar-refractivity contribution in [3.8, 4) is 5.75 Å². The van der Waals surface area contributed by atoms with Gasteiger partial charge < -0.3 is 10.1 Å². The number of benzene rings is 1. The molecule has 2 rings (SSSR count). The standard InChI is InChI=1S/C16H19FN2O/c1-11(13-8-14(17)10-18-9-13)19-12(2)15-6-4-5-7-16(15)20-3/h4-12,19H,1-3H3/t11?,12-/m1/s1. The number of nitrogens with zero attached hydrogens (tertiary/aromatic N) is 1. The maximum absolute atomic E-state index is 13.2. The predicted molar refractivity (Wildman–Crippen MR) is 77.2 cm³/mol. The Morgan fingerprint density at radius 3 is 2.60 bits per heavy atom. The van der Waals surface area contributed by atoms with Crippen LogP contribution in [0.4, 0.5) is 4.39 Å². The van der Waals surface area contributed by atoms with Gasteiger partial charge in [-0.15, -0.1) is 0 Å². The molecule has 1 N–H and O–H groups in total. The van der Waals surface area contributed by atoms with E-state index in [0.717, 1.165) is 16.9 Å². The fraction of sp³-hybridized carbons (Fsp3) is 0.312. The van der Waals surface area contributed by atoms with Crippen LogP contribution in [0.1, 0.15) is 37.1 Å². The van der Waals surface area contributed by atoms with E-state index in [0.29, 0.717) is 0 Å². The molecule has 0 bridgehead atoms. The topological polar surface area (TPSA) is 34.1 Å². The van der Waals surface area contributed by atoms with Gasteiger partial charge in [-0.25, -0.2) is 4.39 Å². The SMILES string of the molecule is COc1ccccc1[C@@H](C)NC(C)c1cncc(F)c1. The van der Waals surface area contributed by atoms with E-state index in [1.165, 1.54) is 12.3 Å². The number of aromatic nitrogens is 1. The van der Waals surface area contributed by atoms with Crippen LogP contribution < -0.4 is 10.1 Å². The van der Waals surface area contributed by atoms with Crippen molar-refractivity contribution in [2.75, 3.05) is 7.11 Å². The highest BCUT2D eigenvalue weighted by Gasteiger charge is 2.14. The zero-order valence-electron chi connectivity index (χ0n) is 11.9. The third-order valence-corrected chi connectivity index (χ3v) is 3.33. The molecular formula is C16H19FN2O. The zero-order chi connectivity index (χ0) is 14.5. The van der Waals surface area contributed by atoms with Crippen LogP contribution >= 0.6 is 0 Å². The highest BCUT2D eigenvalue weighted by Crippen LogP contribution is 2.26. The first-order valence-electron chi connectivity index (χ1n) is 6.61. The van der Waals surface area contributed by atoms with Gasteiger partial charge in [-0.1, -0.05) is 18.2 Å². The molecule has 1 heterocycles. The van der Waals surface area contributed by atoms with E-state index in [4.69, 9.17) is 4.74 Å². The Morgan fingerprint density at radius 1 is 1.15 bits per heavy atom. The molecule has 4 heteroatoms. The highest BCUT2D eigenvalue weighted by molar-refractivity contribution is 5.35. The summed E-state index contributed by atoms with van der Waals surface area (Å²) >= 11 is 0. The molecular weight excluding hydrogens is 255 g/mol. The summed E-state index contributed by atoms with van der Waals surface area (Å²) in [6.07, 6.45) is 2.88. The van der Waals surface area contributed by atoms with Crippen LogP contribution in [-0.2, 0) is 0 Å². The number of rotatable bonds is 5. The lowest BCUT2D eigenvalue weighted by Gasteiger charge is -2.22. The lowest BCUT2D eigenvalue weighted by molar-refractivity contribution is 0.396. The Bertz CT molecular complexity index is 574. The average Bonchev–Trinajstić information content (AvgIpc) is 2.47. The number of methoxy groups -OCH3 is 1. The largest absolute Gasteiger partial charge is 0.496 e. The average molecular weight is 274 g/mol. The van der Waals surface area contributed by atoms with E-state index in [1.807, 2.05) is 31.2 Å². The number of hydrogen-bond acceptors (Lipinski definition) is 3. The van der Waals surface area contributed by atoms with Crippen molar-refractivity contribution < 1.29 is 9.13 Å². The molecule has 0 aliphatic rings. The van der Waals surface area contributed by atoms with Crippen LogP contribution in [0.5, 0.6) is 5.75 Å². The van der Waals surface area contributed by atoms with E-state index in [2.05, 4.69) is 17.2 Å². The van der Waals surface area contributed by atoms with Gasteiger partial charge in [0, 0.05) is 23.8 Å². The minimum atomic E-state index is -0.318. The highest BCUT2D eigenvalue weighted by atomic mass is 19.1. The van der Waals surface area contributed by atoms with Gasteiger partial charge in [0.25, 0.3) is 0 Å². The predicted octanol–water partition coefficient (Wildman–Crippen LogP) is 3.64. The Hall–Kier alpha value is -1.94. The number of hydrogen-bond donors (Lipinski definition) is 1.